The summed E-state index contributed by atoms with van der Waals surface area (Å²) in [6.45, 7) is 0. The maximum Gasteiger partial charge on any atom is 0.302 e. The molecule has 1 saturated heterocycles. The summed E-state index contributed by atoms with van der Waals surface area (Å²) >= 11 is 7.48. The Morgan fingerprint density at radius 2 is 1.78 bits per heavy atom. The van der Waals surface area contributed by atoms with Crippen LogP contribution in [0.4, 0.5) is 5.95 Å². The van der Waals surface area contributed by atoms with Crippen LogP contribution in [0, 0.1) is 0 Å². The molecule has 0 aliphatic carbocycles. The topological polar surface area (TPSA) is 114 Å². The molecule has 1 aliphatic rings. The number of nitrogens with zero attached hydrogens (tertiary/aromatic N) is 2. The van der Waals surface area contributed by atoms with Gasteiger partial charge in [0.05, 0.1) is 43.0 Å². The number of hydrogen-bond acceptors (Lipinski definition) is 8. The van der Waals surface area contributed by atoms with Gasteiger partial charge in [-0.2, -0.15) is 0 Å². The molecule has 3 heterocycles. The highest BCUT2D eigenvalue weighted by Crippen LogP contribution is 2.44. The molecule has 2 N–H and O–H groups in total. The number of anilines is 1. The van der Waals surface area contributed by atoms with E-state index in [2.05, 4.69) is 9.97 Å². The number of aromatic amines is 1. The summed E-state index contributed by atoms with van der Waals surface area (Å²) in [5, 5.41) is 13.4. The number of thiophene rings is 1. The van der Waals surface area contributed by atoms with Crippen LogP contribution in [0.1, 0.15) is 16.5 Å². The van der Waals surface area contributed by atoms with E-state index in [0.717, 1.165) is 0 Å². The Labute approximate surface area is 214 Å². The lowest BCUT2D eigenvalue weighted by molar-refractivity contribution is -0.132. The summed E-state index contributed by atoms with van der Waals surface area (Å²) in [6.07, 6.45) is 0. The first-order valence-corrected chi connectivity index (χ1v) is 11.9. The number of hydrogen-bond donors (Lipinski definition) is 2. The molecule has 11 heteroatoms. The normalized spacial score (nSPS) is 17.1. The van der Waals surface area contributed by atoms with Crippen molar-refractivity contribution in [3.05, 3.63) is 68.9 Å². The number of methoxy groups -OCH3 is 3. The van der Waals surface area contributed by atoms with Crippen LogP contribution < -0.4 is 19.1 Å². The second-order valence-electron chi connectivity index (χ2n) is 7.82. The molecule has 0 spiro atoms. The van der Waals surface area contributed by atoms with Gasteiger partial charge in [0.15, 0.2) is 11.5 Å². The molecule has 1 aliphatic heterocycles. The van der Waals surface area contributed by atoms with Gasteiger partial charge < -0.3 is 24.3 Å². The Morgan fingerprint density at radius 1 is 1.06 bits per heavy atom. The summed E-state index contributed by atoms with van der Waals surface area (Å²) in [5.74, 6) is -0.588. The zero-order chi connectivity index (χ0) is 25.6. The molecule has 1 unspecified atom stereocenters. The zero-order valence-corrected chi connectivity index (χ0v) is 20.9. The number of ether oxygens (including phenoxy) is 3. The van der Waals surface area contributed by atoms with Crippen LogP contribution in [0.25, 0.3) is 16.8 Å². The molecule has 0 bridgehead atoms. The first kappa shape index (κ1) is 23.7. The molecule has 1 amide bonds. The Hall–Kier alpha value is -4.02. The first-order valence-electron chi connectivity index (χ1n) is 10.7. The standard InChI is InChI=1S/C25H20ClN3O6S/c1-33-16-9-12(6-7-13(16)26)22(30)20-21(19-5-4-8-36-19)29(24(32)23(20)31)25-27-14-10-17(34-2)18(35-3)11-15(14)28-25/h4-11,21,30H,1-3H3,(H,27,28)/b22-20+. The van der Waals surface area contributed by atoms with Gasteiger partial charge in [-0.25, -0.2) is 4.98 Å². The largest absolute Gasteiger partial charge is 0.507 e. The van der Waals surface area contributed by atoms with Gasteiger partial charge >= 0.3 is 5.91 Å². The van der Waals surface area contributed by atoms with E-state index in [1.165, 1.54) is 43.6 Å². The number of halogens is 1. The average molecular weight is 526 g/mol. The number of aliphatic hydroxyl groups is 1. The highest BCUT2D eigenvalue weighted by atomic mass is 35.5. The number of benzene rings is 2. The summed E-state index contributed by atoms with van der Waals surface area (Å²) < 4.78 is 16.0. The molecular weight excluding hydrogens is 506 g/mol. The SMILES string of the molecule is COc1cc(/C(O)=C2\C(=O)C(=O)N(c3nc4cc(OC)c(OC)cc4[nH]3)C2c2cccs2)ccc1Cl. The number of H-pyrrole nitrogens is 1. The highest BCUT2D eigenvalue weighted by Gasteiger charge is 2.48. The van der Waals surface area contributed by atoms with Crippen LogP contribution in [0.2, 0.25) is 5.02 Å². The summed E-state index contributed by atoms with van der Waals surface area (Å²) in [7, 11) is 4.47. The van der Waals surface area contributed by atoms with Gasteiger partial charge in [-0.15, -0.1) is 11.3 Å². The molecule has 1 atom stereocenters. The van der Waals surface area contributed by atoms with Gasteiger partial charge in [-0.3, -0.25) is 14.5 Å². The van der Waals surface area contributed by atoms with E-state index in [9.17, 15) is 14.7 Å². The number of Topliss-reactive ketones (excluding diaryl/α,β-unsaturated/α-hetero) is 1. The van der Waals surface area contributed by atoms with Crippen molar-refractivity contribution in [1.29, 1.82) is 0 Å². The van der Waals surface area contributed by atoms with E-state index in [4.69, 9.17) is 25.8 Å². The van der Waals surface area contributed by atoms with Crippen molar-refractivity contribution >= 4 is 57.4 Å². The Balaban J connectivity index is 1.69. The number of rotatable bonds is 6. The molecule has 184 valence electrons. The van der Waals surface area contributed by atoms with Gasteiger partial charge in [-0.05, 0) is 29.6 Å². The van der Waals surface area contributed by atoms with E-state index in [-0.39, 0.29) is 22.8 Å². The van der Waals surface area contributed by atoms with Crippen LogP contribution in [-0.2, 0) is 9.59 Å². The van der Waals surface area contributed by atoms with Crippen LogP contribution in [-0.4, -0.2) is 48.1 Å². The predicted molar refractivity (Wildman–Crippen MR) is 136 cm³/mol. The number of aliphatic hydroxyl groups excluding tert-OH is 1. The number of aromatic nitrogens is 2. The summed E-state index contributed by atoms with van der Waals surface area (Å²) in [5.41, 5.74) is 1.31. The highest BCUT2D eigenvalue weighted by molar-refractivity contribution is 7.10. The van der Waals surface area contributed by atoms with Crippen LogP contribution in [0.15, 0.2) is 53.4 Å². The predicted octanol–water partition coefficient (Wildman–Crippen LogP) is 4.93. The fraction of sp³-hybridized carbons (Fsp3) is 0.160. The fourth-order valence-corrected chi connectivity index (χ4v) is 5.19. The van der Waals surface area contributed by atoms with Gasteiger partial charge in [0.1, 0.15) is 17.6 Å². The Morgan fingerprint density at radius 3 is 2.44 bits per heavy atom. The second kappa shape index (κ2) is 9.21. The molecule has 2 aromatic heterocycles. The molecular formula is C25H20ClN3O6S. The van der Waals surface area contributed by atoms with Crippen molar-refractivity contribution in [3.63, 3.8) is 0 Å². The van der Waals surface area contributed by atoms with E-state index in [1.807, 2.05) is 5.38 Å². The molecule has 0 radical (unpaired) electrons. The molecule has 2 aromatic carbocycles. The quantitative estimate of drug-likeness (QED) is 0.208. The van der Waals surface area contributed by atoms with Crippen LogP contribution in [0.3, 0.4) is 0 Å². The van der Waals surface area contributed by atoms with Gasteiger partial charge in [0.2, 0.25) is 5.95 Å². The minimum Gasteiger partial charge on any atom is -0.507 e. The Kier molecular flexibility index (Phi) is 6.07. The maximum atomic E-state index is 13.3. The van der Waals surface area contributed by atoms with Crippen LogP contribution in [0.5, 0.6) is 17.2 Å². The smallest absolute Gasteiger partial charge is 0.302 e. The van der Waals surface area contributed by atoms with E-state index < -0.39 is 17.7 Å². The summed E-state index contributed by atoms with van der Waals surface area (Å²) in [4.78, 5) is 36.2. The lowest BCUT2D eigenvalue weighted by Gasteiger charge is -2.21. The molecule has 0 saturated carbocycles. The van der Waals surface area contributed by atoms with E-state index >= 15 is 0 Å². The number of ketones is 1. The average Bonchev–Trinajstić information content (AvgIpc) is 3.61. The number of carbonyl (C=O) groups excluding carboxylic acids is 2. The number of imidazole rings is 1. The molecule has 4 aromatic rings. The maximum absolute atomic E-state index is 13.3. The minimum atomic E-state index is -0.906. The van der Waals surface area contributed by atoms with Crippen LogP contribution >= 0.6 is 22.9 Å². The number of amides is 1. The molecule has 5 rings (SSSR count). The second-order valence-corrected chi connectivity index (χ2v) is 9.21. The first-order chi connectivity index (χ1) is 17.4. The minimum absolute atomic E-state index is 0.0672. The summed E-state index contributed by atoms with van der Waals surface area (Å²) in [6, 6.07) is 10.7. The third kappa shape index (κ3) is 3.75. The molecule has 1 fully saturated rings. The lowest BCUT2D eigenvalue weighted by Crippen LogP contribution is -2.30. The van der Waals surface area contributed by atoms with Crippen molar-refractivity contribution in [2.75, 3.05) is 26.2 Å². The van der Waals surface area contributed by atoms with Crippen molar-refractivity contribution in [3.8, 4) is 17.2 Å². The van der Waals surface area contributed by atoms with Gasteiger partial charge in [-0.1, -0.05) is 17.7 Å². The van der Waals surface area contributed by atoms with Crippen molar-refractivity contribution in [2.45, 2.75) is 6.04 Å². The third-order valence-electron chi connectivity index (χ3n) is 5.88. The fourth-order valence-electron chi connectivity index (χ4n) is 4.17. The monoisotopic (exact) mass is 525 g/mol. The molecule has 9 nitrogen and oxygen atoms in total. The Bertz CT molecular complexity index is 1490. The zero-order valence-electron chi connectivity index (χ0n) is 19.4. The molecule has 36 heavy (non-hydrogen) atoms. The number of carbonyl (C=O) groups is 2. The van der Waals surface area contributed by atoms with E-state index in [0.29, 0.717) is 38.2 Å². The van der Waals surface area contributed by atoms with Gasteiger partial charge in [0, 0.05) is 22.6 Å². The lowest BCUT2D eigenvalue weighted by atomic mass is 10.00. The van der Waals surface area contributed by atoms with Crippen molar-refractivity contribution < 1.29 is 28.9 Å². The number of nitrogens with one attached hydrogen (secondary N) is 1. The van der Waals surface area contributed by atoms with Crippen molar-refractivity contribution in [1.82, 2.24) is 9.97 Å². The number of fused-ring (bicyclic) bond motifs is 1. The van der Waals surface area contributed by atoms with E-state index in [1.54, 1.807) is 36.4 Å². The van der Waals surface area contributed by atoms with Gasteiger partial charge in [0.25, 0.3) is 5.78 Å². The van der Waals surface area contributed by atoms with Crippen molar-refractivity contribution in [2.24, 2.45) is 0 Å². The third-order valence-corrected chi connectivity index (χ3v) is 7.12.